The van der Waals surface area contributed by atoms with Gasteiger partial charge in [-0.3, -0.25) is 9.97 Å². The second-order valence-corrected chi connectivity index (χ2v) is 11.5. The Kier molecular flexibility index (Phi) is 11.3. The largest absolute Gasteiger partial charge is 2.00 e. The fraction of sp³-hybridized carbons (Fsp3) is 0.0222. The van der Waals surface area contributed by atoms with E-state index in [2.05, 4.69) is 70.6 Å². The summed E-state index contributed by atoms with van der Waals surface area (Å²) in [6.07, 6.45) is 3.60. The Morgan fingerprint density at radius 1 is 0.373 bits per heavy atom. The maximum atomic E-state index is 5.40. The molecular weight excluding hydrogens is 809 g/mol. The maximum absolute atomic E-state index is 5.40. The molecule has 0 aliphatic carbocycles. The fourth-order valence-corrected chi connectivity index (χ4v) is 6.24. The van der Waals surface area contributed by atoms with E-state index in [0.29, 0.717) is 0 Å². The number of benzene rings is 4. The zero-order valence-corrected chi connectivity index (χ0v) is 30.2. The second kappa shape index (κ2) is 16.2. The van der Waals surface area contributed by atoms with E-state index < -0.39 is 5.41 Å². The quantitative estimate of drug-likeness (QED) is 0.113. The third-order valence-corrected chi connectivity index (χ3v) is 8.52. The third-order valence-electron chi connectivity index (χ3n) is 8.52. The summed E-state index contributed by atoms with van der Waals surface area (Å²) in [5.74, 6) is 0. The Morgan fingerprint density at radius 2 is 0.784 bits per heavy atom. The molecule has 8 aromatic rings. The van der Waals surface area contributed by atoms with Crippen molar-refractivity contribution in [2.24, 2.45) is 0 Å². The van der Waals surface area contributed by atoms with Crippen molar-refractivity contribution < 1.29 is 40.8 Å². The first kappa shape index (κ1) is 35.6. The van der Waals surface area contributed by atoms with Crippen LogP contribution in [0.2, 0.25) is 0 Å². The van der Waals surface area contributed by atoms with Crippen LogP contribution in [0.1, 0.15) is 22.5 Å². The number of rotatable bonds is 8. The van der Waals surface area contributed by atoms with Crippen LogP contribution >= 0.6 is 0 Å². The number of hydrogen-bond donors (Lipinski definition) is 0. The maximum Gasteiger partial charge on any atom is 2.00 e. The van der Waals surface area contributed by atoms with E-state index in [1.807, 2.05) is 121 Å². The van der Waals surface area contributed by atoms with Gasteiger partial charge in [-0.05, 0) is 47.0 Å². The van der Waals surface area contributed by atoms with Crippen molar-refractivity contribution in [3.8, 4) is 45.0 Å². The summed E-state index contributed by atoms with van der Waals surface area (Å²) in [7, 11) is 0. The monoisotopic (exact) mass is 836 g/mol. The topological polar surface area (TPSA) is 51.6 Å². The van der Waals surface area contributed by atoms with Gasteiger partial charge in [0, 0.05) is 23.8 Å². The molecule has 51 heavy (non-hydrogen) atoms. The van der Waals surface area contributed by atoms with Crippen LogP contribution in [0.5, 0.6) is 0 Å². The van der Waals surface area contributed by atoms with Gasteiger partial charge in [0.15, 0.2) is 0 Å². The smallest absolute Gasteiger partial charge is 0.305 e. The van der Waals surface area contributed by atoms with E-state index in [-0.39, 0.29) is 40.8 Å². The first-order valence-electron chi connectivity index (χ1n) is 16.1. The van der Waals surface area contributed by atoms with E-state index >= 15 is 0 Å². The molecule has 0 aliphatic rings. The third kappa shape index (κ3) is 7.20. The molecule has 0 radical (unpaired) electrons. The number of pyridine rings is 4. The average molecular weight is 838 g/mol. The first-order chi connectivity index (χ1) is 24.3. The van der Waals surface area contributed by atoms with Gasteiger partial charge in [-0.1, -0.05) is 48.5 Å². The van der Waals surface area contributed by atoms with Crippen LogP contribution in [0.3, 0.4) is 0 Å². The van der Waals surface area contributed by atoms with Gasteiger partial charge in [0.05, 0.1) is 5.41 Å². The SMILES string of the molecule is [Pd+2].[Pd+2].[c-]1ccccc1-c1cccc(C(c2[c-]c(-c3ccccn3)ccc2)(c2[c-]c(-c3ccccn3)ccc2)c2cccc(-c3[c-]cccc3)n2)n1. The van der Waals surface area contributed by atoms with Gasteiger partial charge >= 0.3 is 40.8 Å². The van der Waals surface area contributed by atoms with Crippen LogP contribution < -0.4 is 0 Å². The summed E-state index contributed by atoms with van der Waals surface area (Å²) >= 11 is 0. The van der Waals surface area contributed by atoms with Gasteiger partial charge in [0.2, 0.25) is 0 Å². The Balaban J connectivity index is 0.00000224. The predicted octanol–water partition coefficient (Wildman–Crippen LogP) is 9.51. The predicted molar refractivity (Wildman–Crippen MR) is 193 cm³/mol. The minimum absolute atomic E-state index is 0. The zero-order chi connectivity index (χ0) is 32.9. The molecule has 0 N–H and O–H groups in total. The first-order valence-corrected chi connectivity index (χ1v) is 16.1. The standard InChI is InChI=1S/C45H28N4.2Pd/c1-3-15-33(16-4-1)41-25-13-27-43(48-41)45(37-21-11-19-35(31-37)39-23-7-9-29-46-39,38-22-12-20-36(32-38)40-24-8-10-30-47-40)44-28-14-26-42(49-44)34-17-5-2-6-18-34;;/h1-15,17,19-30H;;/q-4;2*+2. The minimum atomic E-state index is -1.06. The van der Waals surface area contributed by atoms with E-state index in [4.69, 9.17) is 9.97 Å². The number of nitrogens with zero attached hydrogens (tertiary/aromatic N) is 4. The molecule has 248 valence electrons. The molecule has 8 rings (SSSR count). The molecule has 0 saturated carbocycles. The van der Waals surface area contributed by atoms with Crippen molar-refractivity contribution in [1.82, 2.24) is 19.9 Å². The number of hydrogen-bond acceptors (Lipinski definition) is 4. The molecule has 0 unspecified atom stereocenters. The summed E-state index contributed by atoms with van der Waals surface area (Å²) in [6, 6.07) is 66.5. The average Bonchev–Trinajstić information content (AvgIpc) is 3.20. The van der Waals surface area contributed by atoms with Crippen LogP contribution in [0.25, 0.3) is 45.0 Å². The molecule has 0 bridgehead atoms. The molecular formula is C45H28N4Pd2. The fourth-order valence-electron chi connectivity index (χ4n) is 6.24. The van der Waals surface area contributed by atoms with Crippen LogP contribution in [-0.2, 0) is 46.3 Å². The minimum Gasteiger partial charge on any atom is -0.305 e. The van der Waals surface area contributed by atoms with E-state index in [1.54, 1.807) is 12.4 Å². The van der Waals surface area contributed by atoms with Crippen molar-refractivity contribution in [2.45, 2.75) is 5.41 Å². The molecule has 0 saturated heterocycles. The van der Waals surface area contributed by atoms with Crippen LogP contribution in [-0.4, -0.2) is 19.9 Å². The van der Waals surface area contributed by atoms with E-state index in [1.165, 1.54) is 0 Å². The van der Waals surface area contributed by atoms with Crippen molar-refractivity contribution in [2.75, 3.05) is 0 Å². The molecule has 6 heteroatoms. The summed E-state index contributed by atoms with van der Waals surface area (Å²) in [4.78, 5) is 20.1. The van der Waals surface area contributed by atoms with Crippen LogP contribution in [0.4, 0.5) is 0 Å². The van der Waals surface area contributed by atoms with Crippen molar-refractivity contribution in [3.63, 3.8) is 0 Å². The van der Waals surface area contributed by atoms with E-state index in [0.717, 1.165) is 67.5 Å². The Bertz CT molecular complexity index is 2000. The Morgan fingerprint density at radius 3 is 1.20 bits per heavy atom. The van der Waals surface area contributed by atoms with Gasteiger partial charge in [-0.2, -0.15) is 0 Å². The van der Waals surface area contributed by atoms with Gasteiger partial charge in [-0.25, -0.2) is 0 Å². The second-order valence-electron chi connectivity index (χ2n) is 11.5. The molecule has 0 fully saturated rings. The summed E-state index contributed by atoms with van der Waals surface area (Å²) in [6.45, 7) is 0. The molecule has 4 nitrogen and oxygen atoms in total. The normalized spacial score (nSPS) is 10.8. The van der Waals surface area contributed by atoms with Crippen molar-refractivity contribution >= 4 is 0 Å². The Labute approximate surface area is 326 Å². The van der Waals surface area contributed by atoms with Gasteiger partial charge < -0.3 is 9.97 Å². The number of aromatic nitrogens is 4. The van der Waals surface area contributed by atoms with Crippen molar-refractivity contribution in [3.05, 3.63) is 217 Å². The molecule has 4 heterocycles. The molecule has 0 atom stereocenters. The molecule has 4 aromatic heterocycles. The van der Waals surface area contributed by atoms with Gasteiger partial charge in [-0.15, -0.1) is 143 Å². The van der Waals surface area contributed by atoms with Crippen molar-refractivity contribution in [1.29, 1.82) is 0 Å². The summed E-state index contributed by atoms with van der Waals surface area (Å²) in [5, 5.41) is 0. The zero-order valence-electron chi connectivity index (χ0n) is 27.1. The van der Waals surface area contributed by atoms with Crippen LogP contribution in [0.15, 0.2) is 170 Å². The molecule has 0 amide bonds. The van der Waals surface area contributed by atoms with Crippen LogP contribution in [0, 0.1) is 24.3 Å². The molecule has 0 aliphatic heterocycles. The molecule has 0 spiro atoms. The summed E-state index contributed by atoms with van der Waals surface area (Å²) in [5.41, 5.74) is 8.97. The van der Waals surface area contributed by atoms with Gasteiger partial charge in [0.1, 0.15) is 0 Å². The Hall–Kier alpha value is -5.20. The summed E-state index contributed by atoms with van der Waals surface area (Å²) < 4.78 is 0. The van der Waals surface area contributed by atoms with Gasteiger partial charge in [0.25, 0.3) is 0 Å². The van der Waals surface area contributed by atoms with E-state index in [9.17, 15) is 0 Å². The molecule has 4 aromatic carbocycles.